The first-order valence-electron chi connectivity index (χ1n) is 6.63. The second kappa shape index (κ2) is 5.52. The first-order chi connectivity index (χ1) is 8.17. The van der Waals surface area contributed by atoms with Gasteiger partial charge in [-0.3, -0.25) is 9.59 Å². The zero-order valence-corrected chi connectivity index (χ0v) is 11.7. The molecular weight excluding hydrogens is 220 g/mol. The zero-order valence-electron chi connectivity index (χ0n) is 13.7. The van der Waals surface area contributed by atoms with Crippen LogP contribution in [0.5, 0.6) is 0 Å². The largest absolute Gasteiger partial charge is 0.460 e. The fourth-order valence-electron chi connectivity index (χ4n) is 0.926. The van der Waals surface area contributed by atoms with Crippen LogP contribution in [-0.2, 0) is 19.1 Å². The van der Waals surface area contributed by atoms with Crippen LogP contribution in [0.25, 0.3) is 0 Å². The molecule has 0 aliphatic heterocycles. The number of carbonyl (C=O) groups excluding carboxylic acids is 2. The Morgan fingerprint density at radius 3 is 1.88 bits per heavy atom. The van der Waals surface area contributed by atoms with Crippen molar-refractivity contribution >= 4 is 11.9 Å². The molecule has 0 aliphatic rings. The maximum atomic E-state index is 11.9. The van der Waals surface area contributed by atoms with Gasteiger partial charge in [-0.25, -0.2) is 0 Å². The van der Waals surface area contributed by atoms with Gasteiger partial charge in [0.05, 0.1) is 12.3 Å². The van der Waals surface area contributed by atoms with Crippen LogP contribution < -0.4 is 0 Å². The molecule has 0 N–H and O–H groups in total. The molecule has 0 aromatic heterocycles. The van der Waals surface area contributed by atoms with Gasteiger partial charge in [0, 0.05) is 2.74 Å². The average molecular weight is 246 g/mol. The van der Waals surface area contributed by atoms with Crippen molar-refractivity contribution in [1.82, 2.24) is 0 Å². The summed E-state index contributed by atoms with van der Waals surface area (Å²) in [4.78, 5) is 23.6. The van der Waals surface area contributed by atoms with Gasteiger partial charge in [0.2, 0.25) is 0 Å². The first-order valence-corrected chi connectivity index (χ1v) is 5.55. The van der Waals surface area contributed by atoms with Crippen LogP contribution in [0.2, 0.25) is 0 Å². The molecule has 0 aliphatic carbocycles. The number of rotatable bonds is 3. The predicted molar refractivity (Wildman–Crippen MR) is 65.5 cm³/mol. The molecule has 0 radical (unpaired) electrons. The fourth-order valence-corrected chi connectivity index (χ4v) is 0.926. The van der Waals surface area contributed by atoms with Crippen molar-refractivity contribution in [3.05, 3.63) is 0 Å². The highest BCUT2D eigenvalue weighted by Crippen LogP contribution is 2.16. The average Bonchev–Trinajstić information content (AvgIpc) is 2.10. The monoisotopic (exact) mass is 246 g/mol. The number of esters is 2. The van der Waals surface area contributed by atoms with E-state index in [9.17, 15) is 9.59 Å². The Bertz CT molecular complexity index is 351. The molecule has 0 saturated heterocycles. The molecule has 0 spiro atoms. The van der Waals surface area contributed by atoms with E-state index in [4.69, 9.17) is 12.2 Å². The molecule has 0 aromatic carbocycles. The lowest BCUT2D eigenvalue weighted by molar-refractivity contribution is -0.166. The van der Waals surface area contributed by atoms with E-state index < -0.39 is 35.4 Å². The number of hydrogen-bond donors (Lipinski definition) is 0. The van der Waals surface area contributed by atoms with Crippen LogP contribution in [0.15, 0.2) is 0 Å². The molecule has 0 bridgehead atoms. The van der Waals surface area contributed by atoms with Gasteiger partial charge in [0.15, 0.2) is 0 Å². The lowest BCUT2D eigenvalue weighted by Crippen LogP contribution is -2.30. The van der Waals surface area contributed by atoms with E-state index in [-0.39, 0.29) is 0 Å². The summed E-state index contributed by atoms with van der Waals surface area (Å²) in [6, 6.07) is 0. The second-order valence-corrected chi connectivity index (χ2v) is 5.86. The minimum atomic E-state index is -2.00. The van der Waals surface area contributed by atoms with Crippen molar-refractivity contribution in [3.8, 4) is 0 Å². The van der Waals surface area contributed by atoms with Gasteiger partial charge in [-0.2, -0.15) is 0 Å². The Morgan fingerprint density at radius 2 is 1.53 bits per heavy atom. The maximum absolute atomic E-state index is 11.9. The van der Waals surface area contributed by atoms with E-state index in [0.717, 1.165) is 0 Å². The first kappa shape index (κ1) is 12.4. The number of ether oxygens (including phenoxy) is 2. The van der Waals surface area contributed by atoms with Crippen molar-refractivity contribution in [2.24, 2.45) is 5.89 Å². The van der Waals surface area contributed by atoms with Crippen LogP contribution in [0.4, 0.5) is 0 Å². The highest BCUT2D eigenvalue weighted by atomic mass is 16.6. The highest BCUT2D eigenvalue weighted by Gasteiger charge is 2.26. The van der Waals surface area contributed by atoms with Crippen LogP contribution in [0.3, 0.4) is 0 Å². The molecule has 0 heterocycles. The highest BCUT2D eigenvalue weighted by molar-refractivity contribution is 5.80. The Labute approximate surface area is 106 Å². The number of hydrogen-bond acceptors (Lipinski definition) is 4. The topological polar surface area (TPSA) is 52.6 Å². The Kier molecular flexibility index (Phi) is 4.02. The lowest BCUT2D eigenvalue weighted by Gasteiger charge is -2.23. The van der Waals surface area contributed by atoms with E-state index in [0.29, 0.717) is 0 Å². The molecule has 0 unspecified atom stereocenters. The van der Waals surface area contributed by atoms with E-state index >= 15 is 0 Å². The van der Waals surface area contributed by atoms with Gasteiger partial charge in [-0.05, 0) is 41.5 Å². The molecule has 17 heavy (non-hydrogen) atoms. The van der Waals surface area contributed by atoms with Crippen molar-refractivity contribution in [3.63, 3.8) is 0 Å². The minimum Gasteiger partial charge on any atom is -0.460 e. The smallest absolute Gasteiger partial charge is 0.309 e. The van der Waals surface area contributed by atoms with Gasteiger partial charge in [0.25, 0.3) is 0 Å². The minimum absolute atomic E-state index is 0.763. The summed E-state index contributed by atoms with van der Waals surface area (Å²) >= 11 is 0. The molecule has 2 atom stereocenters. The lowest BCUT2D eigenvalue weighted by atomic mass is 10.1. The van der Waals surface area contributed by atoms with Crippen LogP contribution in [-0.4, -0.2) is 23.1 Å². The predicted octanol–water partition coefficient (Wildman–Crippen LogP) is 2.70. The molecule has 0 aromatic rings. The SMILES string of the molecule is [2H][C@H](C(=O)OC(C)(C)C)[C@@]([2H])(C)C(=O)OC(C)(C)C. The van der Waals surface area contributed by atoms with Crippen LogP contribution >= 0.6 is 0 Å². The molecule has 4 heteroatoms. The summed E-state index contributed by atoms with van der Waals surface area (Å²) in [5.41, 5.74) is -1.53. The van der Waals surface area contributed by atoms with E-state index in [1.807, 2.05) is 0 Å². The van der Waals surface area contributed by atoms with Crippen molar-refractivity contribution in [1.29, 1.82) is 0 Å². The summed E-state index contributed by atoms with van der Waals surface area (Å²) in [5, 5.41) is 0. The van der Waals surface area contributed by atoms with Crippen molar-refractivity contribution in [2.75, 3.05) is 0 Å². The molecule has 0 saturated carbocycles. The number of carbonyl (C=O) groups is 2. The van der Waals surface area contributed by atoms with Gasteiger partial charge >= 0.3 is 11.9 Å². The van der Waals surface area contributed by atoms with Crippen LogP contribution in [0, 0.1) is 5.89 Å². The van der Waals surface area contributed by atoms with Gasteiger partial charge in [0.1, 0.15) is 11.2 Å². The molecule has 0 amide bonds. The van der Waals surface area contributed by atoms with Crippen molar-refractivity contribution < 1.29 is 21.8 Å². The molecule has 0 rings (SSSR count). The normalized spacial score (nSPS) is 19.5. The summed E-state index contributed by atoms with van der Waals surface area (Å²) in [7, 11) is 0. The zero-order chi connectivity index (χ0) is 15.6. The van der Waals surface area contributed by atoms with E-state index in [1.165, 1.54) is 6.92 Å². The Balaban J connectivity index is 4.90. The molecular formula is C13H24O4. The third-order valence-electron chi connectivity index (χ3n) is 1.46. The summed E-state index contributed by atoms with van der Waals surface area (Å²) in [6.07, 6.45) is -1.65. The summed E-state index contributed by atoms with van der Waals surface area (Å²) < 4.78 is 25.7. The standard InChI is InChI=1S/C13H24O4/c1-9(11(15)17-13(5,6)7)8-10(14)16-12(2,3)4/h9H,8H2,1-7H3/t9-/m1/s1/i8D,9D/t8-,9+/m0. The Hall–Kier alpha value is -1.06. The van der Waals surface area contributed by atoms with Gasteiger partial charge < -0.3 is 9.47 Å². The third-order valence-corrected chi connectivity index (χ3v) is 1.46. The van der Waals surface area contributed by atoms with E-state index in [2.05, 4.69) is 0 Å². The quantitative estimate of drug-likeness (QED) is 0.718. The van der Waals surface area contributed by atoms with Crippen molar-refractivity contribution in [2.45, 2.75) is 66.1 Å². The maximum Gasteiger partial charge on any atom is 0.309 e. The van der Waals surface area contributed by atoms with Gasteiger partial charge in [-0.15, -0.1) is 0 Å². The summed E-state index contributed by atoms with van der Waals surface area (Å²) in [6.45, 7) is 11.1. The fraction of sp³-hybridized carbons (Fsp3) is 0.846. The molecule has 0 fully saturated rings. The van der Waals surface area contributed by atoms with Crippen LogP contribution in [0.1, 0.15) is 57.6 Å². The second-order valence-electron chi connectivity index (χ2n) is 5.86. The molecule has 4 nitrogen and oxygen atoms in total. The molecule has 100 valence electrons. The van der Waals surface area contributed by atoms with Gasteiger partial charge in [-0.1, -0.05) is 6.92 Å². The third kappa shape index (κ3) is 8.72. The Morgan fingerprint density at radius 1 is 1.12 bits per heavy atom. The summed E-state index contributed by atoms with van der Waals surface area (Å²) in [5.74, 6) is -3.82. The van der Waals surface area contributed by atoms with E-state index in [1.54, 1.807) is 41.5 Å².